The number of aromatic carboxylic acids is 1. The lowest BCUT2D eigenvalue weighted by molar-refractivity contribution is 0.0692. The fraction of sp³-hybridized carbons (Fsp3) is 0.188. The van der Waals surface area contributed by atoms with E-state index in [2.05, 4.69) is 0 Å². The topological polar surface area (TPSA) is 37.3 Å². The maximum atomic E-state index is 14.0. The van der Waals surface area contributed by atoms with E-state index in [4.69, 9.17) is 5.11 Å². The van der Waals surface area contributed by atoms with Crippen molar-refractivity contribution in [3.63, 3.8) is 0 Å². The highest BCUT2D eigenvalue weighted by atomic mass is 19.1. The van der Waals surface area contributed by atoms with Crippen molar-refractivity contribution in [1.29, 1.82) is 0 Å². The second kappa shape index (κ2) is 5.82. The molecule has 0 aliphatic heterocycles. The van der Waals surface area contributed by atoms with Crippen LogP contribution in [0, 0.1) is 11.6 Å². The molecule has 0 saturated heterocycles. The van der Waals surface area contributed by atoms with E-state index in [0.29, 0.717) is 5.56 Å². The van der Waals surface area contributed by atoms with Crippen molar-refractivity contribution in [2.75, 3.05) is 0 Å². The van der Waals surface area contributed by atoms with E-state index in [1.165, 1.54) is 12.1 Å². The number of benzene rings is 2. The molecule has 104 valence electrons. The molecule has 2 rings (SSSR count). The lowest BCUT2D eigenvalue weighted by atomic mass is 10.00. The zero-order valence-corrected chi connectivity index (χ0v) is 11.0. The second-order valence-corrected chi connectivity index (χ2v) is 4.56. The minimum Gasteiger partial charge on any atom is -0.478 e. The summed E-state index contributed by atoms with van der Waals surface area (Å²) in [5.41, 5.74) is 1.06. The van der Waals surface area contributed by atoms with Crippen LogP contribution in [-0.4, -0.2) is 11.1 Å². The third-order valence-corrected chi connectivity index (χ3v) is 3.08. The molecule has 2 aromatic rings. The molecule has 0 aromatic heterocycles. The molecule has 1 N–H and O–H groups in total. The molecule has 0 aliphatic carbocycles. The van der Waals surface area contributed by atoms with Gasteiger partial charge in [0.25, 0.3) is 0 Å². The van der Waals surface area contributed by atoms with E-state index in [1.54, 1.807) is 12.1 Å². The van der Waals surface area contributed by atoms with E-state index in [1.807, 2.05) is 6.92 Å². The number of hydrogen-bond acceptors (Lipinski definition) is 1. The zero-order valence-electron chi connectivity index (χ0n) is 11.0. The molecule has 0 saturated carbocycles. The smallest absolute Gasteiger partial charge is 0.338 e. The van der Waals surface area contributed by atoms with Crippen LogP contribution in [0.15, 0.2) is 36.4 Å². The maximum absolute atomic E-state index is 14.0. The minimum absolute atomic E-state index is 0.265. The lowest BCUT2D eigenvalue weighted by Crippen LogP contribution is -2.00. The van der Waals surface area contributed by atoms with Crippen molar-refractivity contribution in [2.24, 2.45) is 0 Å². The fourth-order valence-corrected chi connectivity index (χ4v) is 2.09. The predicted molar refractivity (Wildman–Crippen MR) is 72.7 cm³/mol. The van der Waals surface area contributed by atoms with Crippen molar-refractivity contribution in [3.8, 4) is 11.1 Å². The van der Waals surface area contributed by atoms with Crippen LogP contribution in [0.2, 0.25) is 0 Å². The van der Waals surface area contributed by atoms with Gasteiger partial charge in [0, 0.05) is 5.56 Å². The fourth-order valence-electron chi connectivity index (χ4n) is 2.09. The van der Waals surface area contributed by atoms with Crippen LogP contribution in [0.3, 0.4) is 0 Å². The third kappa shape index (κ3) is 2.85. The van der Waals surface area contributed by atoms with Gasteiger partial charge in [0.05, 0.1) is 5.56 Å². The monoisotopic (exact) mass is 276 g/mol. The summed E-state index contributed by atoms with van der Waals surface area (Å²) in [6.07, 6.45) is 1.70. The van der Waals surface area contributed by atoms with Crippen LogP contribution < -0.4 is 0 Å². The second-order valence-electron chi connectivity index (χ2n) is 4.56. The molecular weight excluding hydrogens is 262 g/mol. The summed E-state index contributed by atoms with van der Waals surface area (Å²) < 4.78 is 27.6. The number of hydrogen-bond donors (Lipinski definition) is 1. The first kappa shape index (κ1) is 14.2. The van der Waals surface area contributed by atoms with Crippen molar-refractivity contribution < 1.29 is 18.7 Å². The van der Waals surface area contributed by atoms with Gasteiger partial charge in [0.1, 0.15) is 11.6 Å². The summed E-state index contributed by atoms with van der Waals surface area (Å²) in [6, 6.07) is 8.42. The molecule has 0 unspecified atom stereocenters. The highest BCUT2D eigenvalue weighted by molar-refractivity contribution is 5.88. The van der Waals surface area contributed by atoms with E-state index in [0.717, 1.165) is 30.5 Å². The Hall–Kier alpha value is -2.23. The molecule has 0 radical (unpaired) electrons. The van der Waals surface area contributed by atoms with Gasteiger partial charge in [-0.1, -0.05) is 31.5 Å². The molecule has 0 bridgehead atoms. The third-order valence-electron chi connectivity index (χ3n) is 3.08. The molecule has 20 heavy (non-hydrogen) atoms. The van der Waals surface area contributed by atoms with Crippen LogP contribution in [0.4, 0.5) is 8.78 Å². The molecule has 2 aromatic carbocycles. The van der Waals surface area contributed by atoms with Gasteiger partial charge in [-0.3, -0.25) is 0 Å². The molecular formula is C16H14F2O2. The van der Waals surface area contributed by atoms with Crippen LogP contribution in [0.5, 0.6) is 0 Å². The number of carboxylic acid groups (broad SMARTS) is 1. The number of aryl methyl sites for hydroxylation is 1. The Morgan fingerprint density at radius 3 is 2.40 bits per heavy atom. The quantitative estimate of drug-likeness (QED) is 0.904. The molecule has 0 heterocycles. The summed E-state index contributed by atoms with van der Waals surface area (Å²) in [6.45, 7) is 2.01. The summed E-state index contributed by atoms with van der Waals surface area (Å²) in [5, 5.41) is 8.76. The van der Waals surface area contributed by atoms with Crippen LogP contribution in [-0.2, 0) is 6.42 Å². The first-order valence-corrected chi connectivity index (χ1v) is 6.34. The van der Waals surface area contributed by atoms with Gasteiger partial charge in [-0.2, -0.15) is 0 Å². The minimum atomic E-state index is -1.34. The van der Waals surface area contributed by atoms with Crippen LogP contribution >= 0.6 is 0 Å². The standard InChI is InChI=1S/C16H14F2O2/c1-2-3-10-4-6-12(14(17)8-10)11-5-7-13(16(19)20)15(18)9-11/h4-9H,2-3H2,1H3,(H,19,20). The molecule has 0 atom stereocenters. The van der Waals surface area contributed by atoms with Gasteiger partial charge in [0.2, 0.25) is 0 Å². The average molecular weight is 276 g/mol. The van der Waals surface area contributed by atoms with Gasteiger partial charge in [-0.15, -0.1) is 0 Å². The molecule has 0 spiro atoms. The number of carboxylic acids is 1. The SMILES string of the molecule is CCCc1ccc(-c2ccc(C(=O)O)c(F)c2)c(F)c1. The maximum Gasteiger partial charge on any atom is 0.338 e. The number of carbonyl (C=O) groups is 1. The van der Waals surface area contributed by atoms with Crippen LogP contribution in [0.25, 0.3) is 11.1 Å². The Bertz CT molecular complexity index is 651. The normalized spacial score (nSPS) is 10.6. The van der Waals surface area contributed by atoms with Crippen molar-refractivity contribution in [3.05, 3.63) is 59.2 Å². The van der Waals surface area contributed by atoms with Gasteiger partial charge >= 0.3 is 5.97 Å². The zero-order chi connectivity index (χ0) is 14.7. The lowest BCUT2D eigenvalue weighted by Gasteiger charge is -2.07. The van der Waals surface area contributed by atoms with E-state index in [9.17, 15) is 13.6 Å². The summed E-state index contributed by atoms with van der Waals surface area (Å²) in [4.78, 5) is 10.7. The Morgan fingerprint density at radius 2 is 1.85 bits per heavy atom. The van der Waals surface area contributed by atoms with E-state index < -0.39 is 23.2 Å². The largest absolute Gasteiger partial charge is 0.478 e. The van der Waals surface area contributed by atoms with E-state index in [-0.39, 0.29) is 5.56 Å². The Labute approximate surface area is 115 Å². The van der Waals surface area contributed by atoms with Crippen molar-refractivity contribution in [1.82, 2.24) is 0 Å². The molecule has 0 amide bonds. The highest BCUT2D eigenvalue weighted by Crippen LogP contribution is 2.26. The average Bonchev–Trinajstić information content (AvgIpc) is 2.38. The molecule has 0 aliphatic rings. The summed E-state index contributed by atoms with van der Waals surface area (Å²) >= 11 is 0. The Kier molecular flexibility index (Phi) is 4.13. The molecule has 4 heteroatoms. The summed E-state index contributed by atoms with van der Waals surface area (Å²) in [7, 11) is 0. The Morgan fingerprint density at radius 1 is 1.10 bits per heavy atom. The number of halogens is 2. The first-order valence-electron chi connectivity index (χ1n) is 6.34. The van der Waals surface area contributed by atoms with Gasteiger partial charge in [-0.25, -0.2) is 13.6 Å². The molecule has 2 nitrogen and oxygen atoms in total. The van der Waals surface area contributed by atoms with E-state index >= 15 is 0 Å². The first-order chi connectivity index (χ1) is 9.52. The van der Waals surface area contributed by atoms with Crippen molar-refractivity contribution in [2.45, 2.75) is 19.8 Å². The van der Waals surface area contributed by atoms with Crippen LogP contribution in [0.1, 0.15) is 29.3 Å². The predicted octanol–water partition coefficient (Wildman–Crippen LogP) is 4.28. The number of rotatable bonds is 4. The van der Waals surface area contributed by atoms with Crippen molar-refractivity contribution >= 4 is 5.97 Å². The van der Waals surface area contributed by atoms with Gasteiger partial charge in [-0.05, 0) is 35.7 Å². The highest BCUT2D eigenvalue weighted by Gasteiger charge is 2.13. The Balaban J connectivity index is 2.41. The summed E-state index contributed by atoms with van der Waals surface area (Å²) in [5.74, 6) is -2.64. The molecule has 0 fully saturated rings. The van der Waals surface area contributed by atoms with Gasteiger partial charge < -0.3 is 5.11 Å². The van der Waals surface area contributed by atoms with Gasteiger partial charge in [0.15, 0.2) is 0 Å².